The number of carboxylic acids is 1. The summed E-state index contributed by atoms with van der Waals surface area (Å²) in [5.74, 6) is -1.15. The topological polar surface area (TPSA) is 97.5 Å². The average Bonchev–Trinajstić information content (AvgIpc) is 2.27. The molecule has 2 atom stereocenters. The van der Waals surface area contributed by atoms with Crippen molar-refractivity contribution in [3.8, 4) is 0 Å². The third-order valence-corrected chi connectivity index (χ3v) is 4.34. The van der Waals surface area contributed by atoms with Gasteiger partial charge in [-0.25, -0.2) is 0 Å². The minimum Gasteiger partial charge on any atom is -0.481 e. The Morgan fingerprint density at radius 3 is 2.74 bits per heavy atom. The second-order valence-electron chi connectivity index (χ2n) is 3.96. The van der Waals surface area contributed by atoms with Crippen molar-refractivity contribution >= 4 is 34.1 Å². The van der Waals surface area contributed by atoms with E-state index in [4.69, 9.17) is 16.7 Å². The van der Waals surface area contributed by atoms with Gasteiger partial charge in [0.15, 0.2) is 0 Å². The maximum atomic E-state index is 11.9. The van der Waals surface area contributed by atoms with Crippen LogP contribution in [-0.4, -0.2) is 25.5 Å². The van der Waals surface area contributed by atoms with Gasteiger partial charge in [0.25, 0.3) is 5.69 Å². The van der Waals surface area contributed by atoms with Crippen molar-refractivity contribution in [2.75, 3.05) is 0 Å². The fraction of sp³-hybridized carbons (Fsp3) is 0.364. The lowest BCUT2D eigenvalue weighted by Crippen LogP contribution is -2.17. The summed E-state index contributed by atoms with van der Waals surface area (Å²) in [5, 5.41) is 19.2. The normalized spacial score (nSPS) is 13.8. The zero-order valence-corrected chi connectivity index (χ0v) is 11.6. The zero-order valence-electron chi connectivity index (χ0n) is 10.0. The van der Waals surface area contributed by atoms with Crippen molar-refractivity contribution in [1.82, 2.24) is 0 Å². The average molecular weight is 306 g/mol. The van der Waals surface area contributed by atoms with E-state index in [-0.39, 0.29) is 23.4 Å². The van der Waals surface area contributed by atoms with Crippen molar-refractivity contribution < 1.29 is 19.0 Å². The molecule has 0 radical (unpaired) electrons. The number of nitro groups is 1. The molecule has 1 N–H and O–H groups in total. The predicted molar refractivity (Wildman–Crippen MR) is 71.7 cm³/mol. The Balaban J connectivity index is 2.92. The van der Waals surface area contributed by atoms with E-state index < -0.39 is 26.9 Å². The fourth-order valence-corrected chi connectivity index (χ4v) is 2.83. The molecule has 0 saturated carbocycles. The number of rotatable bonds is 6. The Hall–Kier alpha value is -1.47. The van der Waals surface area contributed by atoms with Crippen molar-refractivity contribution in [3.63, 3.8) is 0 Å². The highest BCUT2D eigenvalue weighted by molar-refractivity contribution is 7.84. The summed E-state index contributed by atoms with van der Waals surface area (Å²) in [7, 11) is -1.52. The molecule has 0 saturated heterocycles. The van der Waals surface area contributed by atoms with Gasteiger partial charge in [-0.2, -0.15) is 0 Å². The van der Waals surface area contributed by atoms with Gasteiger partial charge in [-0.1, -0.05) is 18.5 Å². The molecule has 19 heavy (non-hydrogen) atoms. The van der Waals surface area contributed by atoms with E-state index in [9.17, 15) is 19.1 Å². The molecular formula is C11H12ClNO5S. The molecule has 0 heterocycles. The molecule has 0 aliphatic carbocycles. The third kappa shape index (κ3) is 4.60. The molecule has 1 rings (SSSR count). The van der Waals surface area contributed by atoms with Gasteiger partial charge in [-0.15, -0.1) is 0 Å². The number of aliphatic carboxylic acids is 1. The monoisotopic (exact) mass is 305 g/mol. The first-order valence-electron chi connectivity index (χ1n) is 5.33. The van der Waals surface area contributed by atoms with Crippen LogP contribution < -0.4 is 0 Å². The number of hydrogen-bond acceptors (Lipinski definition) is 4. The zero-order chi connectivity index (χ0) is 14.6. The Kier molecular flexibility index (Phi) is 5.44. The molecular weight excluding hydrogens is 294 g/mol. The molecule has 0 bridgehead atoms. The Bertz CT molecular complexity index is 534. The molecule has 2 unspecified atom stereocenters. The number of nitro benzene ring substituents is 1. The van der Waals surface area contributed by atoms with Crippen LogP contribution in [0, 0.1) is 10.1 Å². The molecule has 0 fully saturated rings. The van der Waals surface area contributed by atoms with E-state index in [1.165, 1.54) is 25.1 Å². The molecule has 0 spiro atoms. The van der Waals surface area contributed by atoms with E-state index in [2.05, 4.69) is 0 Å². The van der Waals surface area contributed by atoms with Crippen LogP contribution in [0.5, 0.6) is 0 Å². The van der Waals surface area contributed by atoms with Crippen LogP contribution in [0.15, 0.2) is 18.2 Å². The molecule has 0 aliphatic rings. The van der Waals surface area contributed by atoms with Gasteiger partial charge in [0.2, 0.25) is 0 Å². The summed E-state index contributed by atoms with van der Waals surface area (Å²) in [6, 6.07) is 4.01. The van der Waals surface area contributed by atoms with E-state index in [0.717, 1.165) is 0 Å². The lowest BCUT2D eigenvalue weighted by atomic mass is 10.2. The summed E-state index contributed by atoms with van der Waals surface area (Å²) in [6.07, 6.45) is -0.249. The number of benzene rings is 1. The summed E-state index contributed by atoms with van der Waals surface area (Å²) in [6.45, 7) is 1.53. The molecule has 0 aromatic heterocycles. The van der Waals surface area contributed by atoms with Crippen molar-refractivity contribution in [2.45, 2.75) is 24.3 Å². The van der Waals surface area contributed by atoms with Gasteiger partial charge in [0, 0.05) is 32.7 Å². The summed E-state index contributed by atoms with van der Waals surface area (Å²) in [5.41, 5.74) is 0.0772. The highest BCUT2D eigenvalue weighted by Crippen LogP contribution is 2.25. The summed E-state index contributed by atoms with van der Waals surface area (Å²) in [4.78, 5) is 20.8. The first-order valence-corrected chi connectivity index (χ1v) is 7.09. The predicted octanol–water partition coefficient (Wildman–Crippen LogP) is 2.36. The van der Waals surface area contributed by atoms with Gasteiger partial charge in [-0.3, -0.25) is 19.1 Å². The second kappa shape index (κ2) is 6.63. The summed E-state index contributed by atoms with van der Waals surface area (Å²) < 4.78 is 11.9. The van der Waals surface area contributed by atoms with Crippen molar-refractivity contribution in [3.05, 3.63) is 38.9 Å². The van der Waals surface area contributed by atoms with E-state index in [1.54, 1.807) is 0 Å². The maximum Gasteiger partial charge on any atom is 0.304 e. The third-order valence-electron chi connectivity index (χ3n) is 2.45. The molecule has 0 amide bonds. The molecule has 1 aromatic carbocycles. The Labute approximate surface area is 117 Å². The van der Waals surface area contributed by atoms with Crippen LogP contribution in [0.4, 0.5) is 5.69 Å². The van der Waals surface area contributed by atoms with Gasteiger partial charge < -0.3 is 5.11 Å². The lowest BCUT2D eigenvalue weighted by Gasteiger charge is -2.09. The summed E-state index contributed by atoms with van der Waals surface area (Å²) >= 11 is 5.75. The van der Waals surface area contributed by atoms with Crippen LogP contribution >= 0.6 is 11.6 Å². The SMILES string of the molecule is CC(CC(=O)O)S(=O)Cc1cc(Cl)ccc1[N+](=O)[O-]. The Morgan fingerprint density at radius 1 is 1.58 bits per heavy atom. The standard InChI is InChI=1S/C11H12ClNO5S/c1-7(4-11(14)15)19(18)6-8-5-9(12)2-3-10(8)13(16)17/h2-3,5,7H,4,6H2,1H3,(H,14,15). The molecule has 8 heteroatoms. The quantitative estimate of drug-likeness (QED) is 0.642. The smallest absolute Gasteiger partial charge is 0.304 e. The van der Waals surface area contributed by atoms with Crippen molar-refractivity contribution in [1.29, 1.82) is 0 Å². The van der Waals surface area contributed by atoms with Gasteiger partial charge in [-0.05, 0) is 12.1 Å². The first-order chi connectivity index (χ1) is 8.81. The minimum absolute atomic E-state index is 0.0919. The van der Waals surface area contributed by atoms with Gasteiger partial charge >= 0.3 is 5.97 Å². The molecule has 104 valence electrons. The minimum atomic E-state index is -1.52. The molecule has 6 nitrogen and oxygen atoms in total. The second-order valence-corrected chi connectivity index (χ2v) is 6.26. The number of hydrogen-bond donors (Lipinski definition) is 1. The number of carbonyl (C=O) groups is 1. The number of nitrogens with zero attached hydrogens (tertiary/aromatic N) is 1. The van der Waals surface area contributed by atoms with Crippen LogP contribution in [0.25, 0.3) is 0 Å². The van der Waals surface area contributed by atoms with E-state index in [1.807, 2.05) is 0 Å². The van der Waals surface area contributed by atoms with Gasteiger partial charge in [0.05, 0.1) is 17.1 Å². The van der Waals surface area contributed by atoms with Crippen LogP contribution in [0.1, 0.15) is 18.9 Å². The highest BCUT2D eigenvalue weighted by atomic mass is 35.5. The van der Waals surface area contributed by atoms with E-state index >= 15 is 0 Å². The maximum absolute atomic E-state index is 11.9. The Morgan fingerprint density at radius 2 is 2.21 bits per heavy atom. The van der Waals surface area contributed by atoms with Crippen LogP contribution in [0.3, 0.4) is 0 Å². The fourth-order valence-electron chi connectivity index (χ4n) is 1.48. The molecule has 1 aromatic rings. The number of halogens is 1. The first kappa shape index (κ1) is 15.6. The van der Waals surface area contributed by atoms with Crippen molar-refractivity contribution in [2.24, 2.45) is 0 Å². The lowest BCUT2D eigenvalue weighted by molar-refractivity contribution is -0.385. The van der Waals surface area contributed by atoms with Crippen LogP contribution in [-0.2, 0) is 21.3 Å². The van der Waals surface area contributed by atoms with Gasteiger partial charge in [0.1, 0.15) is 0 Å². The molecule has 0 aliphatic heterocycles. The highest BCUT2D eigenvalue weighted by Gasteiger charge is 2.20. The largest absolute Gasteiger partial charge is 0.481 e. The number of carboxylic acid groups (broad SMARTS) is 1. The van der Waals surface area contributed by atoms with E-state index in [0.29, 0.717) is 5.02 Å². The van der Waals surface area contributed by atoms with Crippen LogP contribution in [0.2, 0.25) is 5.02 Å².